The number of hydrogen-bond acceptors (Lipinski definition) is 3. The molecule has 2 heterocycles. The van der Waals surface area contributed by atoms with Gasteiger partial charge in [0.1, 0.15) is 0 Å². The molecule has 5 heteroatoms. The third-order valence-corrected chi connectivity index (χ3v) is 13.1. The number of ether oxygens (including phenoxy) is 2. The van der Waals surface area contributed by atoms with Crippen molar-refractivity contribution in [1.82, 2.24) is 0 Å². The Labute approximate surface area is 164 Å². The SMILES string of the molecule is C[Si](C)(O[Si](C)(C)c1ccc(CC2CO2)cc1)c1ccc(CC2CO2)cc1. The van der Waals surface area contributed by atoms with Gasteiger partial charge in [-0.2, -0.15) is 0 Å². The first-order valence-corrected chi connectivity index (χ1v) is 15.8. The first-order valence-electron chi connectivity index (χ1n) is 9.94. The third kappa shape index (κ3) is 4.98. The zero-order chi connectivity index (χ0) is 19.1. The van der Waals surface area contributed by atoms with Gasteiger partial charge in [-0.25, -0.2) is 0 Å². The van der Waals surface area contributed by atoms with Gasteiger partial charge in [0.25, 0.3) is 0 Å². The zero-order valence-corrected chi connectivity index (χ0v) is 18.8. The number of epoxide rings is 2. The van der Waals surface area contributed by atoms with Crippen LogP contribution in [0.4, 0.5) is 0 Å². The summed E-state index contributed by atoms with van der Waals surface area (Å²) in [5, 5.41) is 2.73. The highest BCUT2D eigenvalue weighted by Gasteiger charge is 2.36. The van der Waals surface area contributed by atoms with Crippen molar-refractivity contribution in [3.8, 4) is 0 Å². The molecule has 144 valence electrons. The molecule has 2 atom stereocenters. The van der Waals surface area contributed by atoms with E-state index in [-0.39, 0.29) is 0 Å². The van der Waals surface area contributed by atoms with Gasteiger partial charge < -0.3 is 13.6 Å². The summed E-state index contributed by atoms with van der Waals surface area (Å²) in [6.45, 7) is 11.1. The fourth-order valence-corrected chi connectivity index (χ4v) is 11.7. The lowest BCUT2D eigenvalue weighted by Crippen LogP contribution is -2.57. The molecule has 0 radical (unpaired) electrons. The van der Waals surface area contributed by atoms with Gasteiger partial charge in [0.15, 0.2) is 0 Å². The average molecular weight is 399 g/mol. The van der Waals surface area contributed by atoms with Crippen molar-refractivity contribution in [2.45, 2.75) is 51.2 Å². The van der Waals surface area contributed by atoms with E-state index in [0.29, 0.717) is 12.2 Å². The van der Waals surface area contributed by atoms with Crippen LogP contribution in [0.15, 0.2) is 48.5 Å². The van der Waals surface area contributed by atoms with E-state index >= 15 is 0 Å². The van der Waals surface area contributed by atoms with Crippen LogP contribution >= 0.6 is 0 Å². The number of benzene rings is 2. The normalized spacial score (nSPS) is 21.9. The highest BCUT2D eigenvalue weighted by Crippen LogP contribution is 2.19. The molecule has 2 fully saturated rings. The van der Waals surface area contributed by atoms with Crippen LogP contribution in [0.25, 0.3) is 0 Å². The minimum absolute atomic E-state index is 0.443. The summed E-state index contributed by atoms with van der Waals surface area (Å²) in [5.74, 6) is 0. The summed E-state index contributed by atoms with van der Waals surface area (Å²) in [5.41, 5.74) is 2.72. The van der Waals surface area contributed by atoms with Gasteiger partial charge in [-0.1, -0.05) is 48.5 Å². The molecule has 2 saturated heterocycles. The second-order valence-electron chi connectivity index (χ2n) is 8.84. The van der Waals surface area contributed by atoms with Crippen molar-refractivity contribution in [3.63, 3.8) is 0 Å². The molecule has 2 aromatic carbocycles. The Hall–Kier alpha value is -1.25. The van der Waals surface area contributed by atoms with Crippen molar-refractivity contribution in [2.24, 2.45) is 0 Å². The summed E-state index contributed by atoms with van der Waals surface area (Å²) in [7, 11) is -3.93. The highest BCUT2D eigenvalue weighted by atomic mass is 28.4. The Morgan fingerprint density at radius 1 is 0.704 bits per heavy atom. The van der Waals surface area contributed by atoms with E-state index in [2.05, 4.69) is 74.7 Å². The maximum absolute atomic E-state index is 6.89. The van der Waals surface area contributed by atoms with E-state index in [4.69, 9.17) is 13.6 Å². The van der Waals surface area contributed by atoms with Crippen LogP contribution in [-0.4, -0.2) is 42.1 Å². The average Bonchev–Trinajstić information content (AvgIpc) is 3.52. The van der Waals surface area contributed by atoms with E-state index in [1.807, 2.05) is 0 Å². The van der Waals surface area contributed by atoms with E-state index in [1.165, 1.54) is 21.5 Å². The standard InChI is InChI=1S/C22H30O3Si2/c1-26(2,21-9-5-17(6-10-21)13-19-15-23-19)25-27(3,4)22-11-7-18(8-12-22)14-20-16-24-20/h5-12,19-20H,13-16H2,1-4H3. The van der Waals surface area contributed by atoms with Gasteiger partial charge in [0.05, 0.1) is 25.4 Å². The van der Waals surface area contributed by atoms with E-state index in [9.17, 15) is 0 Å². The summed E-state index contributed by atoms with van der Waals surface area (Å²) >= 11 is 0. The van der Waals surface area contributed by atoms with Crippen LogP contribution in [0, 0.1) is 0 Å². The molecule has 3 nitrogen and oxygen atoms in total. The van der Waals surface area contributed by atoms with Gasteiger partial charge >= 0.3 is 0 Å². The predicted molar refractivity (Wildman–Crippen MR) is 115 cm³/mol. The van der Waals surface area contributed by atoms with Gasteiger partial charge in [0.2, 0.25) is 16.6 Å². The quantitative estimate of drug-likeness (QED) is 0.506. The molecular formula is C22H30O3Si2. The molecule has 0 aromatic heterocycles. The molecule has 0 N–H and O–H groups in total. The van der Waals surface area contributed by atoms with Gasteiger partial charge in [-0.3, -0.25) is 0 Å². The molecule has 2 aliphatic heterocycles. The highest BCUT2D eigenvalue weighted by molar-refractivity contribution is 6.96. The van der Waals surface area contributed by atoms with Crippen LogP contribution in [0.5, 0.6) is 0 Å². The lowest BCUT2D eigenvalue weighted by atomic mass is 10.1. The number of hydrogen-bond donors (Lipinski definition) is 0. The van der Waals surface area contributed by atoms with Crippen LogP contribution in [0.3, 0.4) is 0 Å². The van der Waals surface area contributed by atoms with E-state index in [0.717, 1.165) is 26.1 Å². The zero-order valence-electron chi connectivity index (χ0n) is 16.8. The van der Waals surface area contributed by atoms with Crippen molar-refractivity contribution < 1.29 is 13.6 Å². The largest absolute Gasteiger partial charge is 0.449 e. The molecule has 0 bridgehead atoms. The molecule has 2 aromatic rings. The van der Waals surface area contributed by atoms with Crippen LogP contribution in [0.2, 0.25) is 26.2 Å². The first-order chi connectivity index (χ1) is 12.8. The minimum atomic E-state index is -1.96. The molecule has 2 unspecified atom stereocenters. The van der Waals surface area contributed by atoms with Crippen LogP contribution < -0.4 is 10.4 Å². The van der Waals surface area contributed by atoms with Crippen molar-refractivity contribution >= 4 is 27.0 Å². The Balaban J connectivity index is 1.44. The maximum Gasteiger partial charge on any atom is 0.206 e. The van der Waals surface area contributed by atoms with Crippen LogP contribution in [0.1, 0.15) is 11.1 Å². The molecule has 27 heavy (non-hydrogen) atoms. The Morgan fingerprint density at radius 3 is 1.33 bits per heavy atom. The van der Waals surface area contributed by atoms with Crippen molar-refractivity contribution in [3.05, 3.63) is 59.7 Å². The van der Waals surface area contributed by atoms with E-state index < -0.39 is 16.6 Å². The van der Waals surface area contributed by atoms with Gasteiger partial charge in [-0.05, 0) is 47.7 Å². The molecule has 4 rings (SSSR count). The summed E-state index contributed by atoms with van der Waals surface area (Å²) in [6.07, 6.45) is 2.94. The second-order valence-corrected chi connectivity index (χ2v) is 16.8. The second kappa shape index (κ2) is 7.30. The smallest absolute Gasteiger partial charge is 0.206 e. The minimum Gasteiger partial charge on any atom is -0.449 e. The molecular weight excluding hydrogens is 368 g/mol. The summed E-state index contributed by atoms with van der Waals surface area (Å²) in [6, 6.07) is 18.1. The first kappa shape index (κ1) is 19.1. The molecule has 0 aliphatic carbocycles. The topological polar surface area (TPSA) is 34.3 Å². The van der Waals surface area contributed by atoms with Crippen LogP contribution in [-0.2, 0) is 26.4 Å². The lowest BCUT2D eigenvalue weighted by Gasteiger charge is -2.34. The monoisotopic (exact) mass is 398 g/mol. The number of rotatable bonds is 8. The Morgan fingerprint density at radius 2 is 1.04 bits per heavy atom. The fraction of sp³-hybridized carbons (Fsp3) is 0.455. The molecule has 0 amide bonds. The lowest BCUT2D eigenvalue weighted by molar-refractivity contribution is 0.407. The van der Waals surface area contributed by atoms with Crippen molar-refractivity contribution in [1.29, 1.82) is 0 Å². The molecule has 0 saturated carbocycles. The Bertz CT molecular complexity index is 709. The van der Waals surface area contributed by atoms with E-state index in [1.54, 1.807) is 0 Å². The van der Waals surface area contributed by atoms with Crippen molar-refractivity contribution in [2.75, 3.05) is 13.2 Å². The predicted octanol–water partition coefficient (Wildman–Crippen LogP) is 3.11. The third-order valence-electron chi connectivity index (χ3n) is 5.54. The maximum atomic E-state index is 6.89. The Kier molecular flexibility index (Phi) is 5.16. The molecule has 0 spiro atoms. The van der Waals surface area contributed by atoms with Gasteiger partial charge in [-0.15, -0.1) is 0 Å². The fourth-order valence-electron chi connectivity index (χ4n) is 3.74. The van der Waals surface area contributed by atoms with Gasteiger partial charge in [0, 0.05) is 12.8 Å². The summed E-state index contributed by atoms with van der Waals surface area (Å²) in [4.78, 5) is 0. The molecule has 2 aliphatic rings. The summed E-state index contributed by atoms with van der Waals surface area (Å²) < 4.78 is 17.6.